The fourth-order valence-electron chi connectivity index (χ4n) is 1.04. The molecule has 0 spiro atoms. The van der Waals surface area contributed by atoms with Gasteiger partial charge in [0.05, 0.1) is 6.67 Å². The topological polar surface area (TPSA) is 40.1 Å². The maximum atomic E-state index is 11.8. The van der Waals surface area contributed by atoms with Crippen LogP contribution < -0.4 is 0 Å². The molecule has 1 atom stereocenters. The van der Waals surface area contributed by atoms with Crippen LogP contribution in [0.2, 0.25) is 0 Å². The molecule has 0 aliphatic carbocycles. The van der Waals surface area contributed by atoms with Crippen molar-refractivity contribution in [2.45, 2.75) is 17.7 Å². The molecule has 0 N–H and O–H groups in total. The molecule has 0 aromatic heterocycles. The Kier molecular flexibility index (Phi) is 4.05. The molecular formula is C9H10FO2S-. The van der Waals surface area contributed by atoms with E-state index in [2.05, 4.69) is 0 Å². The molecule has 0 saturated heterocycles. The van der Waals surface area contributed by atoms with E-state index in [9.17, 15) is 13.2 Å². The minimum Gasteiger partial charge on any atom is -0.768 e. The van der Waals surface area contributed by atoms with E-state index in [-0.39, 0.29) is 11.6 Å². The van der Waals surface area contributed by atoms with E-state index in [4.69, 9.17) is 0 Å². The van der Waals surface area contributed by atoms with Crippen molar-refractivity contribution in [1.82, 2.24) is 0 Å². The van der Waals surface area contributed by atoms with Crippen LogP contribution in [0.4, 0.5) is 4.39 Å². The molecule has 1 unspecified atom stereocenters. The molecule has 4 heteroatoms. The summed E-state index contributed by atoms with van der Waals surface area (Å²) in [5.74, 6) is 0. The monoisotopic (exact) mass is 201 g/mol. The molecule has 0 aliphatic heterocycles. The van der Waals surface area contributed by atoms with Gasteiger partial charge in [0.25, 0.3) is 0 Å². The third-order valence-corrected chi connectivity index (χ3v) is 2.37. The van der Waals surface area contributed by atoms with Crippen LogP contribution in [0.25, 0.3) is 0 Å². The van der Waals surface area contributed by atoms with Gasteiger partial charge in [-0.15, -0.1) is 0 Å². The van der Waals surface area contributed by atoms with Gasteiger partial charge < -0.3 is 4.55 Å². The highest BCUT2D eigenvalue weighted by Gasteiger charge is 1.94. The van der Waals surface area contributed by atoms with E-state index in [1.54, 1.807) is 12.1 Å². The molecule has 1 aromatic carbocycles. The summed E-state index contributed by atoms with van der Waals surface area (Å²) >= 11 is -2.17. The van der Waals surface area contributed by atoms with E-state index in [0.717, 1.165) is 5.56 Å². The zero-order valence-corrected chi connectivity index (χ0v) is 7.85. The summed E-state index contributed by atoms with van der Waals surface area (Å²) in [7, 11) is 0. The van der Waals surface area contributed by atoms with E-state index in [0.29, 0.717) is 12.8 Å². The number of hydrogen-bond donors (Lipinski definition) is 0. The Bertz CT molecular complexity index is 284. The highest BCUT2D eigenvalue weighted by atomic mass is 32.2. The normalized spacial score (nSPS) is 12.8. The van der Waals surface area contributed by atoms with Crippen LogP contribution in [0, 0.1) is 0 Å². The van der Waals surface area contributed by atoms with Crippen molar-refractivity contribution in [2.24, 2.45) is 0 Å². The summed E-state index contributed by atoms with van der Waals surface area (Å²) in [5, 5.41) is 0. The number of halogens is 1. The first-order valence-corrected chi connectivity index (χ1v) is 5.05. The third kappa shape index (κ3) is 3.24. The van der Waals surface area contributed by atoms with Crippen LogP contribution in [-0.2, 0) is 17.5 Å². The van der Waals surface area contributed by atoms with E-state index in [1.807, 2.05) is 0 Å². The van der Waals surface area contributed by atoms with E-state index >= 15 is 0 Å². The maximum Gasteiger partial charge on any atom is 0.0897 e. The zero-order chi connectivity index (χ0) is 9.68. The number of rotatable bonds is 4. The van der Waals surface area contributed by atoms with Crippen molar-refractivity contribution in [2.75, 3.05) is 6.67 Å². The molecule has 0 bridgehead atoms. The van der Waals surface area contributed by atoms with Gasteiger partial charge in [-0.1, -0.05) is 12.1 Å². The lowest BCUT2D eigenvalue weighted by molar-refractivity contribution is 0.473. The minimum absolute atomic E-state index is 0.268. The van der Waals surface area contributed by atoms with Gasteiger partial charge in [-0.05, 0) is 41.6 Å². The van der Waals surface area contributed by atoms with E-state index in [1.165, 1.54) is 12.1 Å². The average Bonchev–Trinajstić information content (AvgIpc) is 2.15. The molecule has 0 saturated carbocycles. The quantitative estimate of drug-likeness (QED) is 0.697. The van der Waals surface area contributed by atoms with Crippen LogP contribution >= 0.6 is 0 Å². The van der Waals surface area contributed by atoms with Crippen molar-refractivity contribution in [1.29, 1.82) is 0 Å². The van der Waals surface area contributed by atoms with Gasteiger partial charge in [-0.2, -0.15) is 0 Å². The first-order valence-electron chi connectivity index (χ1n) is 3.98. The van der Waals surface area contributed by atoms with Crippen molar-refractivity contribution < 1.29 is 13.2 Å². The first-order chi connectivity index (χ1) is 6.24. The molecule has 1 aromatic rings. The van der Waals surface area contributed by atoms with Gasteiger partial charge in [0, 0.05) is 4.90 Å². The summed E-state index contributed by atoms with van der Waals surface area (Å²) in [6.07, 6.45) is 1.14. The molecule has 2 nitrogen and oxygen atoms in total. The Morgan fingerprint density at radius 2 is 1.92 bits per heavy atom. The molecule has 0 amide bonds. The number of hydrogen-bond acceptors (Lipinski definition) is 2. The minimum atomic E-state index is -2.17. The summed E-state index contributed by atoms with van der Waals surface area (Å²) in [6.45, 7) is -0.338. The van der Waals surface area contributed by atoms with Crippen LogP contribution in [0.15, 0.2) is 29.2 Å². The second kappa shape index (κ2) is 5.09. The first kappa shape index (κ1) is 10.3. The predicted octanol–water partition coefficient (Wildman–Crippen LogP) is 1.83. The Morgan fingerprint density at radius 3 is 2.38 bits per heavy atom. The highest BCUT2D eigenvalue weighted by Crippen LogP contribution is 2.08. The summed E-state index contributed by atoms with van der Waals surface area (Å²) < 4.78 is 32.7. The standard InChI is InChI=1S/C9H11FO2S/c10-7-1-2-8-3-5-9(6-4-8)13(11)12/h3-6H,1-2,7H2,(H,11,12)/p-1. The van der Waals surface area contributed by atoms with Gasteiger partial charge in [-0.3, -0.25) is 8.60 Å². The summed E-state index contributed by atoms with van der Waals surface area (Å²) in [5.41, 5.74) is 0.965. The average molecular weight is 201 g/mol. The Hall–Kier alpha value is -0.740. The lowest BCUT2D eigenvalue weighted by atomic mass is 10.1. The largest absolute Gasteiger partial charge is 0.768 e. The van der Waals surface area contributed by atoms with Gasteiger partial charge in [0.1, 0.15) is 0 Å². The highest BCUT2D eigenvalue weighted by molar-refractivity contribution is 7.79. The predicted molar refractivity (Wildman–Crippen MR) is 47.9 cm³/mol. The smallest absolute Gasteiger partial charge is 0.0897 e. The van der Waals surface area contributed by atoms with Gasteiger partial charge in [0.15, 0.2) is 0 Å². The second-order valence-electron chi connectivity index (χ2n) is 2.67. The van der Waals surface area contributed by atoms with Crippen LogP contribution in [0.1, 0.15) is 12.0 Å². The lowest BCUT2D eigenvalue weighted by Gasteiger charge is -2.05. The van der Waals surface area contributed by atoms with Gasteiger partial charge in [-0.25, -0.2) is 0 Å². The fraction of sp³-hybridized carbons (Fsp3) is 0.333. The Labute approximate surface area is 79.1 Å². The second-order valence-corrected chi connectivity index (χ2v) is 3.61. The molecule has 1 rings (SSSR count). The van der Waals surface area contributed by atoms with Gasteiger partial charge in [0.2, 0.25) is 0 Å². The molecular weight excluding hydrogens is 191 g/mol. The van der Waals surface area contributed by atoms with Crippen molar-refractivity contribution in [3.8, 4) is 0 Å². The molecule has 13 heavy (non-hydrogen) atoms. The number of aryl methyl sites for hydroxylation is 1. The SMILES string of the molecule is O=S([O-])c1ccc(CCCF)cc1. The molecule has 0 radical (unpaired) electrons. The summed E-state index contributed by atoms with van der Waals surface area (Å²) in [4.78, 5) is 0.268. The van der Waals surface area contributed by atoms with Crippen molar-refractivity contribution in [3.63, 3.8) is 0 Å². The fourth-order valence-corrected chi connectivity index (χ4v) is 1.40. The molecule has 0 heterocycles. The zero-order valence-electron chi connectivity index (χ0n) is 7.03. The molecule has 72 valence electrons. The lowest BCUT2D eigenvalue weighted by Crippen LogP contribution is -1.90. The Morgan fingerprint density at radius 1 is 1.31 bits per heavy atom. The van der Waals surface area contributed by atoms with Crippen molar-refractivity contribution >= 4 is 11.1 Å². The molecule has 0 fully saturated rings. The molecule has 0 aliphatic rings. The van der Waals surface area contributed by atoms with Gasteiger partial charge >= 0.3 is 0 Å². The maximum absolute atomic E-state index is 11.8. The van der Waals surface area contributed by atoms with Crippen LogP contribution in [-0.4, -0.2) is 15.4 Å². The number of benzene rings is 1. The Balaban J connectivity index is 2.64. The number of alkyl halides is 1. The van der Waals surface area contributed by atoms with Crippen LogP contribution in [0.3, 0.4) is 0 Å². The third-order valence-electron chi connectivity index (χ3n) is 1.71. The van der Waals surface area contributed by atoms with Crippen molar-refractivity contribution in [3.05, 3.63) is 29.8 Å². The van der Waals surface area contributed by atoms with E-state index < -0.39 is 11.1 Å². The van der Waals surface area contributed by atoms with Crippen LogP contribution in [0.5, 0.6) is 0 Å². The summed E-state index contributed by atoms with van der Waals surface area (Å²) in [6, 6.07) is 6.47.